The van der Waals surface area contributed by atoms with E-state index in [1.807, 2.05) is 43.0 Å². The maximum absolute atomic E-state index is 16.6. The Kier molecular flexibility index (Phi) is 21.6. The summed E-state index contributed by atoms with van der Waals surface area (Å²) in [5.74, 6) is -3.81. The van der Waals surface area contributed by atoms with E-state index in [0.29, 0.717) is 13.1 Å². The van der Waals surface area contributed by atoms with E-state index < -0.39 is 76.0 Å². The second-order valence-corrected chi connectivity index (χ2v) is 23.8. The minimum atomic E-state index is -1.03. The quantitative estimate of drug-likeness (QED) is 0.0409. The van der Waals surface area contributed by atoms with E-state index in [2.05, 4.69) is 25.9 Å². The molecular formula is C58H75ClF2N10O11S. The number of hydrogen-bond acceptors (Lipinski definition) is 17. The topological polar surface area (TPSA) is 250 Å². The number of aromatic hydroxyl groups is 1. The number of phenols is 1. The molecule has 83 heavy (non-hydrogen) atoms. The van der Waals surface area contributed by atoms with E-state index in [0.717, 1.165) is 27.8 Å². The molecule has 2 saturated heterocycles. The lowest BCUT2D eigenvalue weighted by atomic mass is 9.85. The number of amides is 5. The van der Waals surface area contributed by atoms with Gasteiger partial charge in [-0.1, -0.05) is 62.7 Å². The van der Waals surface area contributed by atoms with Gasteiger partial charge in [-0.25, -0.2) is 23.5 Å². The Morgan fingerprint density at radius 2 is 1.58 bits per heavy atom. The van der Waals surface area contributed by atoms with Crippen molar-refractivity contribution in [1.82, 2.24) is 40.3 Å². The third-order valence-electron chi connectivity index (χ3n) is 14.0. The molecule has 5 aromatic rings. The maximum Gasteiger partial charge on any atom is 0.410 e. The summed E-state index contributed by atoms with van der Waals surface area (Å²) >= 11 is 8.17. The molecule has 21 nitrogen and oxygen atoms in total. The zero-order chi connectivity index (χ0) is 60.3. The number of likely N-dealkylation sites (N-methyl/N-ethyl adjacent to an activating group) is 1. The predicted octanol–water partition coefficient (Wildman–Crippen LogP) is 7.10. The highest BCUT2D eigenvalue weighted by molar-refractivity contribution is 7.13. The number of rotatable bonds is 23. The Bertz CT molecular complexity index is 3080. The predicted molar refractivity (Wildman–Crippen MR) is 311 cm³/mol. The molecule has 0 aliphatic carbocycles. The third-order valence-corrected chi connectivity index (χ3v) is 15.3. The minimum absolute atomic E-state index is 0.000901. The highest BCUT2D eigenvalue weighted by atomic mass is 35.5. The van der Waals surface area contributed by atoms with Gasteiger partial charge in [0.1, 0.15) is 47.2 Å². The van der Waals surface area contributed by atoms with E-state index in [1.165, 1.54) is 28.0 Å². The Morgan fingerprint density at radius 1 is 0.904 bits per heavy atom. The molecule has 25 heteroatoms. The lowest BCUT2D eigenvalue weighted by molar-refractivity contribution is -0.144. The summed E-state index contributed by atoms with van der Waals surface area (Å²) in [6.07, 6.45) is -1.33. The zero-order valence-corrected chi connectivity index (χ0v) is 49.9. The summed E-state index contributed by atoms with van der Waals surface area (Å²) in [6.45, 7) is 16.4. The number of aliphatic hydroxyl groups excluding tert-OH is 1. The molecule has 2 aromatic heterocycles. The third kappa shape index (κ3) is 16.7. The van der Waals surface area contributed by atoms with Crippen LogP contribution in [0.1, 0.15) is 78.6 Å². The van der Waals surface area contributed by atoms with E-state index in [4.69, 9.17) is 35.5 Å². The van der Waals surface area contributed by atoms with E-state index >= 15 is 8.78 Å². The van der Waals surface area contributed by atoms with Crippen LogP contribution in [0.25, 0.3) is 32.5 Å². The van der Waals surface area contributed by atoms with Crippen molar-refractivity contribution in [3.8, 4) is 27.3 Å². The number of carbonyl (C=O) groups is 5. The number of carbonyl (C=O) groups excluding carboxylic acids is 5. The maximum atomic E-state index is 16.6. The molecular weight excluding hydrogens is 1120 g/mol. The number of nitrogens with one attached hydrogen (secondary N) is 3. The summed E-state index contributed by atoms with van der Waals surface area (Å²) in [4.78, 5) is 87.6. The van der Waals surface area contributed by atoms with Crippen LogP contribution >= 0.6 is 22.9 Å². The molecule has 0 unspecified atom stereocenters. The van der Waals surface area contributed by atoms with Crippen molar-refractivity contribution in [2.24, 2.45) is 5.41 Å². The van der Waals surface area contributed by atoms with Crippen LogP contribution in [0.15, 0.2) is 54.0 Å². The van der Waals surface area contributed by atoms with Crippen molar-refractivity contribution in [2.75, 3.05) is 103 Å². The minimum Gasteiger partial charge on any atom is -0.507 e. The largest absolute Gasteiger partial charge is 0.507 e. The molecule has 5 N–H and O–H groups in total. The normalized spacial score (nSPS) is 16.4. The van der Waals surface area contributed by atoms with Gasteiger partial charge < -0.3 is 64.7 Å². The lowest BCUT2D eigenvalue weighted by Gasteiger charge is -2.36. The number of aryl methyl sites for hydroxylation is 1. The van der Waals surface area contributed by atoms with Crippen LogP contribution in [0.5, 0.6) is 5.75 Å². The molecule has 0 saturated carbocycles. The number of ether oxygens (including phenoxy) is 4. The summed E-state index contributed by atoms with van der Waals surface area (Å²) in [6, 6.07) is 10.5. The number of thiazole rings is 1. The average molecular weight is 1190 g/mol. The molecule has 450 valence electrons. The number of phenolic OH excluding ortho intramolecular Hbond substituents is 1. The van der Waals surface area contributed by atoms with Crippen molar-refractivity contribution in [2.45, 2.75) is 98.1 Å². The van der Waals surface area contributed by atoms with Gasteiger partial charge in [-0.3, -0.25) is 19.2 Å². The number of nitrogens with zero attached hydrogens (tertiary/aromatic N) is 7. The summed E-state index contributed by atoms with van der Waals surface area (Å²) in [7, 11) is 1.62. The fraction of sp³-hybridized carbons (Fsp3) is 0.517. The average Bonchev–Trinajstić information content (AvgIpc) is 2.55. The molecule has 0 radical (unpaired) electrons. The summed E-state index contributed by atoms with van der Waals surface area (Å²) < 4.78 is 54.1. The zero-order valence-electron chi connectivity index (χ0n) is 48.4. The van der Waals surface area contributed by atoms with Gasteiger partial charge in [-0.15, -0.1) is 11.3 Å². The fourth-order valence-corrected chi connectivity index (χ4v) is 10.6. The van der Waals surface area contributed by atoms with E-state index in [-0.39, 0.29) is 130 Å². The van der Waals surface area contributed by atoms with Crippen LogP contribution in [-0.4, -0.2) is 186 Å². The number of fused-ring (bicyclic) bond motifs is 1. The Balaban J connectivity index is 0.820. The standard InChI is InChI=1S/C58H75ClF2N10O11S/c1-34(36-13-15-37(16-14-36)50-35(2)63-33-83-50)64-53(76)42-29-38(72)31-71(42)54(77)51(57(3,4)5)65-44(74)32-81-28-27-80-26-25-79-24-23-68(9)45(75)17-18-62-55-66-49-39(30-40(59)46(48(49)61)47-41(60)11-10-12-43(47)73)52(67-55)69-19-21-70(22-20-69)56(78)82-58(6,7)8/h10-16,30,33-34,38,42,51,72-73H,17-29,31-32H2,1-9H3,(H,64,76)(H,65,74)(H,62,66,67)/t34-,38+,42-,51+/m0/s1. The van der Waals surface area contributed by atoms with Gasteiger partial charge in [-0.2, -0.15) is 4.98 Å². The molecule has 0 bridgehead atoms. The number of piperazine rings is 1. The Labute approximate surface area is 491 Å². The fourth-order valence-electron chi connectivity index (χ4n) is 9.54. The van der Waals surface area contributed by atoms with Crippen LogP contribution in [0.2, 0.25) is 5.02 Å². The van der Waals surface area contributed by atoms with Gasteiger partial charge >= 0.3 is 6.09 Å². The first-order chi connectivity index (χ1) is 39.3. The molecule has 4 atom stereocenters. The summed E-state index contributed by atoms with van der Waals surface area (Å²) in [5.41, 5.74) is 2.17. The lowest BCUT2D eigenvalue weighted by Crippen LogP contribution is -2.58. The van der Waals surface area contributed by atoms with Gasteiger partial charge in [0.15, 0.2) is 5.82 Å². The smallest absolute Gasteiger partial charge is 0.410 e. The molecule has 7 rings (SSSR count). The van der Waals surface area contributed by atoms with Crippen LogP contribution in [0.3, 0.4) is 0 Å². The second-order valence-electron chi connectivity index (χ2n) is 22.6. The number of anilines is 2. The van der Waals surface area contributed by atoms with Crippen molar-refractivity contribution < 1.29 is 61.9 Å². The van der Waals surface area contributed by atoms with Gasteiger partial charge in [0.2, 0.25) is 29.6 Å². The monoisotopic (exact) mass is 1190 g/mol. The number of aromatic nitrogens is 3. The second kappa shape index (κ2) is 28.2. The molecule has 5 amide bonds. The molecule has 2 fully saturated rings. The van der Waals surface area contributed by atoms with Crippen LogP contribution in [-0.2, 0) is 38.1 Å². The first-order valence-electron chi connectivity index (χ1n) is 27.5. The van der Waals surface area contributed by atoms with Gasteiger partial charge in [0, 0.05) is 76.7 Å². The number of benzene rings is 3. The van der Waals surface area contributed by atoms with Crippen LogP contribution < -0.4 is 20.9 Å². The SMILES string of the molecule is Cc1ncsc1-c1ccc([C@H](C)NC(=O)[C@@H]2C[C@@H](O)CN2C(=O)[C@@H](NC(=O)COCCOCCOCCN(C)C(=O)CCNc2nc(N3CCN(C(=O)OC(C)(C)C)CC3)c3cc(Cl)c(-c4c(O)cccc4F)c(F)c3n2)C(C)(C)C)cc1. The molecule has 3 aromatic carbocycles. The van der Waals surface area contributed by atoms with Crippen molar-refractivity contribution in [1.29, 1.82) is 0 Å². The Morgan fingerprint density at radius 3 is 2.22 bits per heavy atom. The Hall–Kier alpha value is -6.83. The van der Waals surface area contributed by atoms with Crippen LogP contribution in [0.4, 0.5) is 25.3 Å². The number of likely N-dealkylation sites (tertiary alicyclic amines) is 1. The first kappa shape index (κ1) is 63.7. The van der Waals surface area contributed by atoms with Crippen molar-refractivity contribution in [3.63, 3.8) is 0 Å². The molecule has 2 aliphatic heterocycles. The van der Waals surface area contributed by atoms with Crippen molar-refractivity contribution in [3.05, 3.63) is 82.0 Å². The summed E-state index contributed by atoms with van der Waals surface area (Å²) in [5, 5.41) is 30.0. The number of halogens is 3. The van der Waals surface area contributed by atoms with E-state index in [9.17, 15) is 34.2 Å². The van der Waals surface area contributed by atoms with Crippen LogP contribution in [0, 0.1) is 24.0 Å². The van der Waals surface area contributed by atoms with Gasteiger partial charge in [-0.05, 0) is 69.4 Å². The molecule has 2 aliphatic rings. The number of β-amino-alcohol motifs (C(OH)–C–C–N with tert-alkyl or cyclic N) is 1. The number of hydrogen-bond donors (Lipinski definition) is 5. The van der Waals surface area contributed by atoms with Gasteiger partial charge in [0.25, 0.3) is 0 Å². The first-order valence-corrected chi connectivity index (χ1v) is 28.8. The number of aliphatic hydroxyl groups is 1. The van der Waals surface area contributed by atoms with Crippen molar-refractivity contribution >= 4 is 75.3 Å². The van der Waals surface area contributed by atoms with Gasteiger partial charge in [0.05, 0.1) is 71.8 Å². The molecule has 0 spiro atoms. The molecule has 4 heterocycles. The highest BCUT2D eigenvalue weighted by Crippen LogP contribution is 2.43. The highest BCUT2D eigenvalue weighted by Gasteiger charge is 2.45. The van der Waals surface area contributed by atoms with E-state index in [1.54, 1.807) is 70.3 Å².